The van der Waals surface area contributed by atoms with E-state index < -0.39 is 14.5 Å². The minimum Gasteiger partial charge on any atom is -0.256 e. The highest BCUT2D eigenvalue weighted by molar-refractivity contribution is 7.04. The van der Waals surface area contributed by atoms with Gasteiger partial charge in [-0.2, -0.15) is 0 Å². The van der Waals surface area contributed by atoms with Crippen LogP contribution in [0.3, 0.4) is 0 Å². The largest absolute Gasteiger partial charge is 0.256 e. The maximum Gasteiger partial charge on any atom is 0.116 e. The Balaban J connectivity index is 2.11. The van der Waals surface area contributed by atoms with Crippen LogP contribution in [0, 0.1) is 0 Å². The first kappa shape index (κ1) is 9.69. The maximum atomic E-state index is 8.31. The quantitative estimate of drug-likeness (QED) is 0.625. The SMILES string of the molecule is [2H]C([2H])([2H])[Si]1(C)c2ccccc2-c2ccnc(-c3ccccc3)c21. The summed E-state index contributed by atoms with van der Waals surface area (Å²) in [7, 11) is -2.92. The minimum atomic E-state index is -2.92. The molecule has 102 valence electrons. The molecule has 2 heteroatoms. The summed E-state index contributed by atoms with van der Waals surface area (Å²) < 4.78 is 24.9. The van der Waals surface area contributed by atoms with Gasteiger partial charge in [-0.1, -0.05) is 67.6 Å². The molecule has 2 aromatic carbocycles. The van der Waals surface area contributed by atoms with Crippen LogP contribution in [0.15, 0.2) is 66.9 Å². The molecule has 1 unspecified atom stereocenters. The molecule has 0 saturated heterocycles. The van der Waals surface area contributed by atoms with E-state index in [0.717, 1.165) is 32.8 Å². The Morgan fingerprint density at radius 1 is 0.905 bits per heavy atom. The van der Waals surface area contributed by atoms with E-state index in [0.29, 0.717) is 0 Å². The van der Waals surface area contributed by atoms with E-state index in [1.165, 1.54) is 0 Å². The molecule has 1 aliphatic rings. The fourth-order valence-corrected chi connectivity index (χ4v) is 6.19. The second-order valence-electron chi connectivity index (χ2n) is 5.62. The zero-order valence-electron chi connectivity index (χ0n) is 14.8. The Hall–Kier alpha value is -2.19. The van der Waals surface area contributed by atoms with Crippen LogP contribution in [-0.4, -0.2) is 13.1 Å². The summed E-state index contributed by atoms with van der Waals surface area (Å²) in [6.45, 7) is -0.0697. The molecule has 2 heterocycles. The van der Waals surface area contributed by atoms with Gasteiger partial charge in [0.2, 0.25) is 0 Å². The molecule has 0 spiro atoms. The number of nitrogens with zero attached hydrogens (tertiary/aromatic N) is 1. The summed E-state index contributed by atoms with van der Waals surface area (Å²) >= 11 is 0. The van der Waals surface area contributed by atoms with Crippen LogP contribution >= 0.6 is 0 Å². The molecule has 0 fully saturated rings. The first-order valence-electron chi connectivity index (χ1n) is 8.59. The zero-order chi connectivity index (χ0) is 16.9. The number of fused-ring (bicyclic) bond motifs is 3. The number of rotatable bonds is 1. The second kappa shape index (κ2) is 4.40. The lowest BCUT2D eigenvalue weighted by Gasteiger charge is -2.21. The van der Waals surface area contributed by atoms with Gasteiger partial charge in [0.25, 0.3) is 0 Å². The normalized spacial score (nSPS) is 21.9. The van der Waals surface area contributed by atoms with E-state index in [2.05, 4.69) is 4.98 Å². The molecular weight excluding hydrogens is 270 g/mol. The van der Waals surface area contributed by atoms with Gasteiger partial charge in [0.1, 0.15) is 8.07 Å². The van der Waals surface area contributed by atoms with Gasteiger partial charge in [-0.05, 0) is 27.6 Å². The smallest absolute Gasteiger partial charge is 0.116 e. The highest BCUT2D eigenvalue weighted by Crippen LogP contribution is 2.31. The number of hydrogen-bond donors (Lipinski definition) is 0. The third kappa shape index (κ3) is 1.72. The van der Waals surface area contributed by atoms with Crippen LogP contribution in [0.2, 0.25) is 13.0 Å². The fraction of sp³-hybridized carbons (Fsp3) is 0.105. The highest BCUT2D eigenvalue weighted by Gasteiger charge is 2.39. The van der Waals surface area contributed by atoms with Crippen molar-refractivity contribution in [2.24, 2.45) is 0 Å². The van der Waals surface area contributed by atoms with E-state index in [-0.39, 0.29) is 0 Å². The lowest BCUT2D eigenvalue weighted by molar-refractivity contribution is 1.34. The molecule has 0 aliphatic carbocycles. The van der Waals surface area contributed by atoms with Crippen LogP contribution in [0.5, 0.6) is 0 Å². The number of pyridine rings is 1. The van der Waals surface area contributed by atoms with Crippen LogP contribution in [-0.2, 0) is 0 Å². The molecular formula is C19H17NSi. The Morgan fingerprint density at radius 3 is 2.48 bits per heavy atom. The second-order valence-corrected chi connectivity index (χ2v) is 8.91. The Kier molecular flexibility index (Phi) is 2.03. The van der Waals surface area contributed by atoms with Crippen molar-refractivity contribution < 1.29 is 4.11 Å². The first-order valence-corrected chi connectivity index (χ1v) is 9.59. The van der Waals surface area contributed by atoms with Crippen molar-refractivity contribution >= 4 is 18.4 Å². The van der Waals surface area contributed by atoms with E-state index in [1.807, 2.05) is 67.2 Å². The van der Waals surface area contributed by atoms with Crippen molar-refractivity contribution in [3.05, 3.63) is 66.9 Å². The number of aromatic nitrogens is 1. The summed E-state index contributed by atoms with van der Waals surface area (Å²) in [5.74, 6) is 0. The van der Waals surface area contributed by atoms with Crippen molar-refractivity contribution in [3.63, 3.8) is 0 Å². The topological polar surface area (TPSA) is 12.9 Å². The van der Waals surface area contributed by atoms with Gasteiger partial charge in [0, 0.05) is 15.9 Å². The molecule has 0 saturated carbocycles. The average Bonchev–Trinajstić information content (AvgIpc) is 2.87. The predicted molar refractivity (Wildman–Crippen MR) is 91.9 cm³/mol. The van der Waals surface area contributed by atoms with E-state index in [9.17, 15) is 0 Å². The standard InChI is InChI=1S/C19H17NSi/c1-21(2)17-11-7-6-10-15(17)16-12-13-20-18(19(16)21)14-8-4-3-5-9-14/h3-13H,1-2H3/i1D3. The van der Waals surface area contributed by atoms with Gasteiger partial charge in [-0.15, -0.1) is 0 Å². The molecule has 21 heavy (non-hydrogen) atoms. The molecule has 0 bridgehead atoms. The van der Waals surface area contributed by atoms with Crippen LogP contribution in [0.1, 0.15) is 4.11 Å². The summed E-state index contributed by atoms with van der Waals surface area (Å²) in [6, 6.07) is 19.8. The van der Waals surface area contributed by atoms with Crippen molar-refractivity contribution in [3.8, 4) is 22.4 Å². The average molecular weight is 290 g/mol. The summed E-state index contributed by atoms with van der Waals surface area (Å²) in [4.78, 5) is 4.60. The van der Waals surface area contributed by atoms with Crippen LogP contribution in [0.4, 0.5) is 0 Å². The number of benzene rings is 2. The third-order valence-electron chi connectivity index (χ3n) is 4.25. The Bertz CT molecular complexity index is 921. The van der Waals surface area contributed by atoms with Crippen molar-refractivity contribution in [1.29, 1.82) is 0 Å². The zero-order valence-corrected chi connectivity index (χ0v) is 12.8. The number of hydrogen-bond acceptors (Lipinski definition) is 1. The van der Waals surface area contributed by atoms with Gasteiger partial charge in [-0.25, -0.2) is 0 Å². The van der Waals surface area contributed by atoms with Crippen LogP contribution in [0.25, 0.3) is 22.4 Å². The third-order valence-corrected chi connectivity index (χ3v) is 7.27. The van der Waals surface area contributed by atoms with E-state index in [4.69, 9.17) is 4.11 Å². The molecule has 4 rings (SSSR count). The van der Waals surface area contributed by atoms with Crippen molar-refractivity contribution in [2.75, 3.05) is 0 Å². The monoisotopic (exact) mass is 290 g/mol. The molecule has 1 aromatic heterocycles. The highest BCUT2D eigenvalue weighted by atomic mass is 28.3. The summed E-state index contributed by atoms with van der Waals surface area (Å²) in [5, 5.41) is 1.93. The lowest BCUT2D eigenvalue weighted by atomic mass is 10.0. The van der Waals surface area contributed by atoms with Gasteiger partial charge in [-0.3, -0.25) is 4.98 Å². The molecule has 0 N–H and O–H groups in total. The summed E-state index contributed by atoms with van der Waals surface area (Å²) in [6.07, 6.45) is 1.79. The minimum absolute atomic E-state index is 0.814. The molecule has 3 aromatic rings. The molecule has 0 amide bonds. The van der Waals surface area contributed by atoms with Gasteiger partial charge in [0.05, 0.1) is 5.69 Å². The predicted octanol–water partition coefficient (Wildman–Crippen LogP) is 3.55. The van der Waals surface area contributed by atoms with Gasteiger partial charge < -0.3 is 0 Å². The fourth-order valence-electron chi connectivity index (χ4n) is 3.30. The molecule has 0 radical (unpaired) electrons. The lowest BCUT2D eigenvalue weighted by Crippen LogP contribution is -2.50. The molecule has 1 aliphatic heterocycles. The molecule has 1 nitrogen and oxygen atoms in total. The van der Waals surface area contributed by atoms with Gasteiger partial charge in [0.15, 0.2) is 0 Å². The van der Waals surface area contributed by atoms with Crippen molar-refractivity contribution in [1.82, 2.24) is 4.98 Å². The van der Waals surface area contributed by atoms with E-state index in [1.54, 1.807) is 6.20 Å². The van der Waals surface area contributed by atoms with Gasteiger partial charge >= 0.3 is 0 Å². The van der Waals surface area contributed by atoms with E-state index >= 15 is 0 Å². The summed E-state index contributed by atoms with van der Waals surface area (Å²) in [5.41, 5.74) is 3.88. The Labute approximate surface area is 130 Å². The van der Waals surface area contributed by atoms with Crippen molar-refractivity contribution in [2.45, 2.75) is 13.0 Å². The van der Waals surface area contributed by atoms with Crippen LogP contribution < -0.4 is 10.4 Å². The maximum absolute atomic E-state index is 8.31. The Morgan fingerprint density at radius 2 is 1.67 bits per heavy atom. The first-order chi connectivity index (χ1) is 11.4. The molecule has 1 atom stereocenters.